The summed E-state index contributed by atoms with van der Waals surface area (Å²) in [6, 6.07) is 6.68. The van der Waals surface area contributed by atoms with Crippen molar-refractivity contribution in [3.8, 4) is 0 Å². The molecule has 2 aromatic rings. The number of anilines is 1. The molecule has 0 saturated heterocycles. The van der Waals surface area contributed by atoms with Crippen molar-refractivity contribution in [1.29, 1.82) is 0 Å². The smallest absolute Gasteiger partial charge is 0.128 e. The largest absolute Gasteiger partial charge is 0.469 e. The van der Waals surface area contributed by atoms with E-state index in [2.05, 4.69) is 48.2 Å². The van der Waals surface area contributed by atoms with Crippen molar-refractivity contribution in [3.05, 3.63) is 47.5 Å². The number of aryl methyl sites for hydroxylation is 1. The Hall–Kier alpha value is -1.81. The highest BCUT2D eigenvalue weighted by Crippen LogP contribution is 2.17. The predicted molar refractivity (Wildman–Crippen MR) is 81.8 cm³/mol. The van der Waals surface area contributed by atoms with Gasteiger partial charge in [-0.15, -0.1) is 0 Å². The molecule has 0 aliphatic rings. The minimum absolute atomic E-state index is 0.484. The standard InChI is InChI=1S/C16H23N3O/c1-12(2)18-10-14-5-7-17-16(9-14)19(4)11-15-6-8-20-13(15)3/h5-9,12,18H,10-11H2,1-4H3. The van der Waals surface area contributed by atoms with Crippen LogP contribution in [0.15, 0.2) is 35.1 Å². The van der Waals surface area contributed by atoms with Crippen molar-refractivity contribution in [1.82, 2.24) is 10.3 Å². The van der Waals surface area contributed by atoms with Crippen molar-refractivity contribution in [3.63, 3.8) is 0 Å². The van der Waals surface area contributed by atoms with Crippen LogP contribution in [0.5, 0.6) is 0 Å². The van der Waals surface area contributed by atoms with Gasteiger partial charge < -0.3 is 14.6 Å². The van der Waals surface area contributed by atoms with E-state index in [9.17, 15) is 0 Å². The quantitative estimate of drug-likeness (QED) is 0.878. The predicted octanol–water partition coefficient (Wildman–Crippen LogP) is 3.12. The number of hydrogen-bond acceptors (Lipinski definition) is 4. The zero-order valence-corrected chi connectivity index (χ0v) is 12.7. The molecule has 0 saturated carbocycles. The fraction of sp³-hybridized carbons (Fsp3) is 0.438. The highest BCUT2D eigenvalue weighted by Gasteiger charge is 2.08. The number of rotatable bonds is 6. The molecule has 0 atom stereocenters. The molecule has 20 heavy (non-hydrogen) atoms. The molecule has 4 nitrogen and oxygen atoms in total. The maximum absolute atomic E-state index is 5.33. The van der Waals surface area contributed by atoms with Crippen LogP contribution in [0.2, 0.25) is 0 Å². The Morgan fingerprint density at radius 1 is 1.35 bits per heavy atom. The Morgan fingerprint density at radius 3 is 2.80 bits per heavy atom. The van der Waals surface area contributed by atoms with Crippen LogP contribution < -0.4 is 10.2 Å². The maximum atomic E-state index is 5.33. The molecule has 0 aliphatic carbocycles. The molecule has 108 valence electrons. The minimum Gasteiger partial charge on any atom is -0.469 e. The van der Waals surface area contributed by atoms with Crippen molar-refractivity contribution in [2.45, 2.75) is 39.9 Å². The van der Waals surface area contributed by atoms with Crippen molar-refractivity contribution < 1.29 is 4.42 Å². The van der Waals surface area contributed by atoms with E-state index < -0.39 is 0 Å². The van der Waals surface area contributed by atoms with E-state index in [0.29, 0.717) is 6.04 Å². The van der Waals surface area contributed by atoms with Gasteiger partial charge in [-0.2, -0.15) is 0 Å². The number of aromatic nitrogens is 1. The molecule has 1 N–H and O–H groups in total. The third kappa shape index (κ3) is 3.84. The van der Waals surface area contributed by atoms with Gasteiger partial charge in [-0.3, -0.25) is 0 Å². The van der Waals surface area contributed by atoms with Crippen molar-refractivity contribution in [2.24, 2.45) is 0 Å². The molecular weight excluding hydrogens is 250 g/mol. The second-order valence-corrected chi connectivity index (χ2v) is 5.42. The highest BCUT2D eigenvalue weighted by atomic mass is 16.3. The van der Waals surface area contributed by atoms with Crippen LogP contribution in [0.25, 0.3) is 0 Å². The highest BCUT2D eigenvalue weighted by molar-refractivity contribution is 5.41. The van der Waals surface area contributed by atoms with E-state index in [4.69, 9.17) is 4.42 Å². The fourth-order valence-electron chi connectivity index (χ4n) is 2.01. The van der Waals surface area contributed by atoms with Crippen LogP contribution in [-0.4, -0.2) is 18.1 Å². The lowest BCUT2D eigenvalue weighted by atomic mass is 10.2. The van der Waals surface area contributed by atoms with Crippen LogP contribution in [0, 0.1) is 6.92 Å². The minimum atomic E-state index is 0.484. The summed E-state index contributed by atoms with van der Waals surface area (Å²) in [7, 11) is 2.05. The van der Waals surface area contributed by atoms with Gasteiger partial charge in [-0.1, -0.05) is 13.8 Å². The first-order chi connectivity index (χ1) is 9.56. The number of hydrogen-bond donors (Lipinski definition) is 1. The van der Waals surface area contributed by atoms with Crippen LogP contribution in [0.4, 0.5) is 5.82 Å². The molecule has 2 aromatic heterocycles. The molecule has 4 heteroatoms. The molecule has 0 bridgehead atoms. The second-order valence-electron chi connectivity index (χ2n) is 5.42. The second kappa shape index (κ2) is 6.57. The molecule has 0 radical (unpaired) electrons. The SMILES string of the molecule is Cc1occc1CN(C)c1cc(CNC(C)C)ccn1. The summed E-state index contributed by atoms with van der Waals surface area (Å²) in [6.45, 7) is 7.95. The van der Waals surface area contributed by atoms with Gasteiger partial charge in [0.15, 0.2) is 0 Å². The summed E-state index contributed by atoms with van der Waals surface area (Å²) in [6.07, 6.45) is 3.60. The Kier molecular flexibility index (Phi) is 4.79. The van der Waals surface area contributed by atoms with Crippen LogP contribution in [0.3, 0.4) is 0 Å². The number of pyridine rings is 1. The summed E-state index contributed by atoms with van der Waals surface area (Å²) < 4.78 is 5.33. The zero-order valence-electron chi connectivity index (χ0n) is 12.7. The Bertz CT molecular complexity index is 548. The molecule has 0 spiro atoms. The molecule has 0 aliphatic heterocycles. The van der Waals surface area contributed by atoms with Gasteiger partial charge in [-0.25, -0.2) is 4.98 Å². The zero-order chi connectivity index (χ0) is 14.5. The summed E-state index contributed by atoms with van der Waals surface area (Å²) in [5.74, 6) is 1.95. The Balaban J connectivity index is 2.04. The van der Waals surface area contributed by atoms with Gasteiger partial charge in [0.25, 0.3) is 0 Å². The van der Waals surface area contributed by atoms with Crippen LogP contribution >= 0.6 is 0 Å². The summed E-state index contributed by atoms with van der Waals surface area (Å²) in [5, 5.41) is 3.42. The van der Waals surface area contributed by atoms with Gasteiger partial charge in [0, 0.05) is 37.9 Å². The maximum Gasteiger partial charge on any atom is 0.128 e. The third-order valence-corrected chi connectivity index (χ3v) is 3.29. The lowest BCUT2D eigenvalue weighted by Crippen LogP contribution is -2.22. The van der Waals surface area contributed by atoms with Gasteiger partial charge in [-0.05, 0) is 30.7 Å². The molecule has 0 unspecified atom stereocenters. The van der Waals surface area contributed by atoms with Gasteiger partial charge in [0.1, 0.15) is 11.6 Å². The van der Waals surface area contributed by atoms with E-state index in [1.807, 2.05) is 19.2 Å². The number of nitrogens with one attached hydrogen (secondary N) is 1. The molecular formula is C16H23N3O. The first kappa shape index (κ1) is 14.6. The molecule has 0 aromatic carbocycles. The average molecular weight is 273 g/mol. The van der Waals surface area contributed by atoms with Gasteiger partial charge in [0.2, 0.25) is 0 Å². The summed E-state index contributed by atoms with van der Waals surface area (Å²) in [4.78, 5) is 6.58. The Morgan fingerprint density at radius 2 is 2.15 bits per heavy atom. The normalized spacial score (nSPS) is 11.1. The van der Waals surface area contributed by atoms with E-state index >= 15 is 0 Å². The van der Waals surface area contributed by atoms with E-state index in [1.54, 1.807) is 6.26 Å². The van der Waals surface area contributed by atoms with Crippen LogP contribution in [0.1, 0.15) is 30.7 Å². The van der Waals surface area contributed by atoms with Crippen LogP contribution in [-0.2, 0) is 13.1 Å². The topological polar surface area (TPSA) is 41.3 Å². The monoisotopic (exact) mass is 273 g/mol. The lowest BCUT2D eigenvalue weighted by molar-refractivity contribution is 0.529. The average Bonchev–Trinajstić information content (AvgIpc) is 2.82. The molecule has 0 amide bonds. The summed E-state index contributed by atoms with van der Waals surface area (Å²) >= 11 is 0. The van der Waals surface area contributed by atoms with E-state index in [0.717, 1.165) is 24.7 Å². The fourth-order valence-corrected chi connectivity index (χ4v) is 2.01. The van der Waals surface area contributed by atoms with Crippen molar-refractivity contribution >= 4 is 5.82 Å². The number of furan rings is 1. The van der Waals surface area contributed by atoms with Gasteiger partial charge in [0.05, 0.1) is 6.26 Å². The first-order valence-electron chi connectivity index (χ1n) is 6.98. The summed E-state index contributed by atoms with van der Waals surface area (Å²) in [5.41, 5.74) is 2.44. The van der Waals surface area contributed by atoms with Crippen molar-refractivity contribution in [2.75, 3.05) is 11.9 Å². The van der Waals surface area contributed by atoms with E-state index in [-0.39, 0.29) is 0 Å². The lowest BCUT2D eigenvalue weighted by Gasteiger charge is -2.18. The van der Waals surface area contributed by atoms with Gasteiger partial charge >= 0.3 is 0 Å². The van der Waals surface area contributed by atoms with E-state index in [1.165, 1.54) is 11.1 Å². The number of nitrogens with zero attached hydrogens (tertiary/aromatic N) is 2. The molecule has 0 fully saturated rings. The Labute approximate surface area is 120 Å². The first-order valence-corrected chi connectivity index (χ1v) is 6.98. The third-order valence-electron chi connectivity index (χ3n) is 3.29. The molecule has 2 heterocycles. The molecule has 2 rings (SSSR count).